The average Bonchev–Trinajstić information content (AvgIpc) is 2.74. The van der Waals surface area contributed by atoms with E-state index < -0.39 is 11.0 Å². The van der Waals surface area contributed by atoms with Gasteiger partial charge in [-0.2, -0.15) is 5.26 Å². The van der Waals surface area contributed by atoms with Gasteiger partial charge in [-0.1, -0.05) is 6.92 Å². The number of benzene rings is 1. The molecule has 13 heteroatoms. The fourth-order valence-electron chi connectivity index (χ4n) is 2.04. The largest absolute Gasteiger partial charge is 0.453 e. The van der Waals surface area contributed by atoms with E-state index in [1.54, 1.807) is 18.3 Å². The van der Waals surface area contributed by atoms with Gasteiger partial charge in [0.2, 0.25) is 11.9 Å². The summed E-state index contributed by atoms with van der Waals surface area (Å²) in [6.07, 6.45) is 1.90. The SMILES string of the molecule is CCCSc1ccc(NC(=NCCNC(=NC)NC#N)NC(=O)OC)c([N+](=O)[O-])c1. The van der Waals surface area contributed by atoms with Gasteiger partial charge in [-0.05, 0) is 24.3 Å². The Morgan fingerprint density at radius 2 is 2.17 bits per heavy atom. The fraction of sp³-hybridized carbons (Fsp3) is 0.412. The number of guanidine groups is 2. The summed E-state index contributed by atoms with van der Waals surface area (Å²) in [5.74, 6) is 1.08. The number of hydrogen-bond donors (Lipinski definition) is 4. The van der Waals surface area contributed by atoms with Gasteiger partial charge >= 0.3 is 6.09 Å². The molecule has 1 amide bonds. The minimum Gasteiger partial charge on any atom is -0.453 e. The van der Waals surface area contributed by atoms with Crippen molar-refractivity contribution in [1.29, 1.82) is 5.26 Å². The van der Waals surface area contributed by atoms with Crippen molar-refractivity contribution in [3.8, 4) is 6.19 Å². The summed E-state index contributed by atoms with van der Waals surface area (Å²) in [6, 6.07) is 4.78. The number of amides is 1. The second kappa shape index (κ2) is 13.6. The third kappa shape index (κ3) is 8.65. The predicted molar refractivity (Wildman–Crippen MR) is 116 cm³/mol. The number of nitrogens with zero attached hydrogens (tertiary/aromatic N) is 4. The first-order chi connectivity index (χ1) is 14.4. The number of nitro benzene ring substituents is 1. The van der Waals surface area contributed by atoms with Crippen LogP contribution in [0.4, 0.5) is 16.2 Å². The third-order valence-electron chi connectivity index (χ3n) is 3.37. The van der Waals surface area contributed by atoms with Crippen LogP contribution in [0.2, 0.25) is 0 Å². The number of nitrogens with one attached hydrogen (secondary N) is 4. The predicted octanol–water partition coefficient (Wildman–Crippen LogP) is 1.87. The normalized spacial score (nSPS) is 11.3. The van der Waals surface area contributed by atoms with Gasteiger partial charge in [-0.15, -0.1) is 11.8 Å². The monoisotopic (exact) mass is 436 g/mol. The number of methoxy groups -OCH3 is 1. The van der Waals surface area contributed by atoms with Crippen LogP contribution >= 0.6 is 11.8 Å². The standard InChI is InChI=1S/C17H24N8O4S/c1-4-9-30-12-5-6-13(14(10-12)25(27)28)23-16(24-17(26)29-3)21-8-7-20-15(19-2)22-11-18/h5-6,10H,4,7-9H2,1-3H3,(H2,19,20,22)(H2,21,23,24,26). The molecule has 0 radical (unpaired) electrons. The van der Waals surface area contributed by atoms with Crippen molar-refractivity contribution in [2.75, 3.05) is 38.3 Å². The fourth-order valence-corrected chi connectivity index (χ4v) is 2.84. The number of alkyl carbamates (subject to hydrolysis) is 1. The average molecular weight is 436 g/mol. The van der Waals surface area contributed by atoms with Gasteiger partial charge in [0.05, 0.1) is 18.6 Å². The van der Waals surface area contributed by atoms with Crippen LogP contribution in [0.1, 0.15) is 13.3 Å². The van der Waals surface area contributed by atoms with E-state index in [-0.39, 0.29) is 36.4 Å². The molecule has 0 bridgehead atoms. The second-order valence-corrected chi connectivity index (χ2v) is 6.66. The van der Waals surface area contributed by atoms with Crippen LogP contribution in [0.3, 0.4) is 0 Å². The number of hydrogen-bond acceptors (Lipinski definition) is 8. The van der Waals surface area contributed by atoms with E-state index >= 15 is 0 Å². The molecular weight excluding hydrogens is 412 g/mol. The maximum Gasteiger partial charge on any atom is 0.413 e. The lowest BCUT2D eigenvalue weighted by atomic mass is 10.2. The number of nitro groups is 1. The Bertz CT molecular complexity index is 838. The lowest BCUT2D eigenvalue weighted by Gasteiger charge is -2.12. The van der Waals surface area contributed by atoms with Gasteiger partial charge in [0.25, 0.3) is 5.69 Å². The minimum absolute atomic E-state index is 0.0241. The molecule has 0 unspecified atom stereocenters. The summed E-state index contributed by atoms with van der Waals surface area (Å²) in [7, 11) is 2.69. The van der Waals surface area contributed by atoms with Crippen molar-refractivity contribution in [3.63, 3.8) is 0 Å². The van der Waals surface area contributed by atoms with Crippen LogP contribution in [-0.4, -0.2) is 55.9 Å². The van der Waals surface area contributed by atoms with Crippen molar-refractivity contribution in [3.05, 3.63) is 28.3 Å². The van der Waals surface area contributed by atoms with Crippen LogP contribution in [0, 0.1) is 21.6 Å². The number of aliphatic imine (C=N–C) groups is 2. The molecule has 0 atom stereocenters. The summed E-state index contributed by atoms with van der Waals surface area (Å²) in [5.41, 5.74) is 0.0261. The zero-order chi connectivity index (χ0) is 22.4. The van der Waals surface area contributed by atoms with Crippen molar-refractivity contribution in [2.24, 2.45) is 9.98 Å². The van der Waals surface area contributed by atoms with E-state index in [4.69, 9.17) is 5.26 Å². The molecule has 162 valence electrons. The molecule has 0 saturated heterocycles. The van der Waals surface area contributed by atoms with E-state index in [1.165, 1.54) is 32.0 Å². The summed E-state index contributed by atoms with van der Waals surface area (Å²) >= 11 is 1.52. The third-order valence-corrected chi connectivity index (χ3v) is 4.57. The minimum atomic E-state index is -0.783. The molecule has 0 aliphatic heterocycles. The maximum absolute atomic E-state index is 11.6. The molecule has 0 aromatic heterocycles. The van der Waals surface area contributed by atoms with Crippen LogP contribution in [-0.2, 0) is 4.74 Å². The Labute approximate surface area is 178 Å². The topological polar surface area (TPSA) is 166 Å². The van der Waals surface area contributed by atoms with Gasteiger partial charge < -0.3 is 15.4 Å². The molecule has 0 fully saturated rings. The molecule has 0 saturated carbocycles. The molecular formula is C17H24N8O4S. The summed E-state index contributed by atoms with van der Waals surface area (Å²) in [4.78, 5) is 31.4. The number of nitriles is 1. The quantitative estimate of drug-likeness (QED) is 0.0695. The maximum atomic E-state index is 11.6. The highest BCUT2D eigenvalue weighted by Gasteiger charge is 2.17. The van der Waals surface area contributed by atoms with Gasteiger partial charge in [-0.25, -0.2) is 4.79 Å². The van der Waals surface area contributed by atoms with E-state index in [2.05, 4.69) is 36.0 Å². The van der Waals surface area contributed by atoms with Crippen molar-refractivity contribution >= 4 is 41.1 Å². The molecule has 4 N–H and O–H groups in total. The van der Waals surface area contributed by atoms with Crippen molar-refractivity contribution in [1.82, 2.24) is 16.0 Å². The molecule has 1 aromatic carbocycles. The number of carbonyl (C=O) groups is 1. The highest BCUT2D eigenvalue weighted by Crippen LogP contribution is 2.30. The van der Waals surface area contributed by atoms with Gasteiger partial charge in [0.15, 0.2) is 6.19 Å². The smallest absolute Gasteiger partial charge is 0.413 e. The Balaban J connectivity index is 2.97. The van der Waals surface area contributed by atoms with Gasteiger partial charge in [-0.3, -0.25) is 30.7 Å². The number of anilines is 1. The molecule has 0 aliphatic carbocycles. The second-order valence-electron chi connectivity index (χ2n) is 5.49. The van der Waals surface area contributed by atoms with Crippen molar-refractivity contribution in [2.45, 2.75) is 18.2 Å². The Morgan fingerprint density at radius 1 is 1.40 bits per heavy atom. The van der Waals surface area contributed by atoms with E-state index in [0.717, 1.165) is 17.1 Å². The molecule has 0 aliphatic rings. The van der Waals surface area contributed by atoms with E-state index in [1.807, 2.05) is 6.92 Å². The van der Waals surface area contributed by atoms with Gasteiger partial charge in [0.1, 0.15) is 5.69 Å². The highest BCUT2D eigenvalue weighted by atomic mass is 32.2. The molecule has 0 heterocycles. The number of carbonyl (C=O) groups excluding carboxylic acids is 1. The lowest BCUT2D eigenvalue weighted by molar-refractivity contribution is -0.384. The van der Waals surface area contributed by atoms with Crippen LogP contribution in [0.25, 0.3) is 0 Å². The van der Waals surface area contributed by atoms with E-state index in [0.29, 0.717) is 0 Å². The Hall–Kier alpha value is -3.53. The van der Waals surface area contributed by atoms with E-state index in [9.17, 15) is 14.9 Å². The molecule has 12 nitrogen and oxygen atoms in total. The lowest BCUT2D eigenvalue weighted by Crippen LogP contribution is -2.38. The van der Waals surface area contributed by atoms with Gasteiger partial charge in [0, 0.05) is 24.6 Å². The van der Waals surface area contributed by atoms with Crippen molar-refractivity contribution < 1.29 is 14.5 Å². The molecule has 1 rings (SSSR count). The first-order valence-electron chi connectivity index (χ1n) is 8.88. The Morgan fingerprint density at radius 3 is 2.77 bits per heavy atom. The highest BCUT2D eigenvalue weighted by molar-refractivity contribution is 7.99. The summed E-state index contributed by atoms with van der Waals surface area (Å²) < 4.78 is 4.56. The molecule has 30 heavy (non-hydrogen) atoms. The number of thioether (sulfide) groups is 1. The first-order valence-corrected chi connectivity index (χ1v) is 9.87. The molecule has 1 aromatic rings. The first kappa shape index (κ1) is 24.5. The van der Waals surface area contributed by atoms with Crippen LogP contribution in [0.5, 0.6) is 0 Å². The summed E-state index contributed by atoms with van der Waals surface area (Å²) in [5, 5.41) is 30.4. The number of ether oxygens (including phenoxy) is 1. The number of rotatable bonds is 8. The molecule has 0 spiro atoms. The Kier molecular flexibility index (Phi) is 11.1. The zero-order valence-corrected chi connectivity index (χ0v) is 17.7. The summed E-state index contributed by atoms with van der Waals surface area (Å²) in [6.45, 7) is 2.47. The van der Waals surface area contributed by atoms with Crippen LogP contribution in [0.15, 0.2) is 33.1 Å². The zero-order valence-electron chi connectivity index (χ0n) is 16.9. The van der Waals surface area contributed by atoms with Crippen LogP contribution < -0.4 is 21.3 Å².